The van der Waals surface area contributed by atoms with Crippen molar-refractivity contribution in [3.63, 3.8) is 0 Å². The van der Waals surface area contributed by atoms with Gasteiger partial charge in [-0.2, -0.15) is 0 Å². The predicted molar refractivity (Wildman–Crippen MR) is 50.9 cm³/mol. The molecule has 1 saturated heterocycles. The molecule has 1 aliphatic heterocycles. The van der Waals surface area contributed by atoms with Crippen molar-refractivity contribution in [3.05, 3.63) is 5.51 Å². The smallest absolute Gasteiger partial charge is 0.208 e. The zero-order chi connectivity index (χ0) is 9.10. The van der Waals surface area contributed by atoms with Gasteiger partial charge in [-0.1, -0.05) is 11.3 Å². The van der Waals surface area contributed by atoms with Crippen molar-refractivity contribution in [3.8, 4) is 0 Å². The fraction of sp³-hybridized carbons (Fsp3) is 0.714. The molecule has 2 heterocycles. The lowest BCUT2D eigenvalue weighted by Gasteiger charge is -2.31. The second kappa shape index (κ2) is 3.99. The normalized spacial score (nSPS) is 23.5. The summed E-state index contributed by atoms with van der Waals surface area (Å²) in [7, 11) is 0. The van der Waals surface area contributed by atoms with E-state index in [1.54, 1.807) is 16.8 Å². The van der Waals surface area contributed by atoms with E-state index in [0.717, 1.165) is 24.8 Å². The highest BCUT2D eigenvalue weighted by atomic mass is 32.1. The number of ether oxygens (including phenoxy) is 1. The summed E-state index contributed by atoms with van der Waals surface area (Å²) in [5.41, 5.74) is 7.27. The number of morpholine rings is 1. The van der Waals surface area contributed by atoms with Gasteiger partial charge >= 0.3 is 0 Å². The summed E-state index contributed by atoms with van der Waals surface area (Å²) in [6.07, 6.45) is 0.137. The van der Waals surface area contributed by atoms with Crippen molar-refractivity contribution in [2.75, 3.05) is 31.1 Å². The predicted octanol–water partition coefficient (Wildman–Crippen LogP) is -0.298. The first kappa shape index (κ1) is 8.86. The third kappa shape index (κ3) is 1.96. The van der Waals surface area contributed by atoms with Crippen LogP contribution in [0.15, 0.2) is 5.51 Å². The van der Waals surface area contributed by atoms with E-state index in [-0.39, 0.29) is 6.10 Å². The Kier molecular flexibility index (Phi) is 2.72. The maximum absolute atomic E-state index is 5.53. The van der Waals surface area contributed by atoms with Gasteiger partial charge in [-0.25, -0.2) is 0 Å². The highest BCUT2D eigenvalue weighted by Crippen LogP contribution is 2.18. The molecule has 0 bridgehead atoms. The van der Waals surface area contributed by atoms with Crippen LogP contribution in [0, 0.1) is 0 Å². The summed E-state index contributed by atoms with van der Waals surface area (Å²) >= 11 is 1.55. The van der Waals surface area contributed by atoms with Gasteiger partial charge in [0.1, 0.15) is 5.51 Å². The highest BCUT2D eigenvalue weighted by molar-refractivity contribution is 7.13. The number of nitrogens with two attached hydrogens (primary N) is 1. The lowest BCUT2D eigenvalue weighted by atomic mass is 10.3. The van der Waals surface area contributed by atoms with E-state index in [1.807, 2.05) is 0 Å². The molecule has 2 rings (SSSR count). The minimum atomic E-state index is 0.137. The van der Waals surface area contributed by atoms with Crippen LogP contribution in [-0.4, -0.2) is 42.5 Å². The number of nitrogens with zero attached hydrogens (tertiary/aromatic N) is 3. The summed E-state index contributed by atoms with van der Waals surface area (Å²) in [5, 5.41) is 8.77. The van der Waals surface area contributed by atoms with Crippen LogP contribution in [0.4, 0.5) is 5.13 Å². The summed E-state index contributed by atoms with van der Waals surface area (Å²) < 4.78 is 5.45. The molecule has 0 aliphatic carbocycles. The van der Waals surface area contributed by atoms with Gasteiger partial charge in [0.2, 0.25) is 5.13 Å². The highest BCUT2D eigenvalue weighted by Gasteiger charge is 2.20. The SMILES string of the molecule is NCC1CN(c2nncs2)CCO1. The van der Waals surface area contributed by atoms with E-state index in [0.29, 0.717) is 6.54 Å². The van der Waals surface area contributed by atoms with Gasteiger partial charge in [0.05, 0.1) is 12.7 Å². The second-order valence-corrected chi connectivity index (χ2v) is 3.71. The summed E-state index contributed by atoms with van der Waals surface area (Å²) in [6, 6.07) is 0. The summed E-state index contributed by atoms with van der Waals surface area (Å²) in [5.74, 6) is 0. The van der Waals surface area contributed by atoms with Gasteiger partial charge in [0, 0.05) is 19.6 Å². The third-order valence-electron chi connectivity index (χ3n) is 2.02. The van der Waals surface area contributed by atoms with Crippen LogP contribution in [-0.2, 0) is 4.74 Å². The Hall–Kier alpha value is -0.720. The molecule has 2 N–H and O–H groups in total. The average molecular weight is 200 g/mol. The minimum absolute atomic E-state index is 0.137. The van der Waals surface area contributed by atoms with Crippen LogP contribution in [0.2, 0.25) is 0 Å². The van der Waals surface area contributed by atoms with Crippen molar-refractivity contribution < 1.29 is 4.74 Å². The molecule has 6 heteroatoms. The Labute approximate surface area is 80.5 Å². The lowest BCUT2D eigenvalue weighted by molar-refractivity contribution is 0.0465. The Morgan fingerprint density at radius 3 is 3.38 bits per heavy atom. The van der Waals surface area contributed by atoms with Crippen molar-refractivity contribution in [1.82, 2.24) is 10.2 Å². The third-order valence-corrected chi connectivity index (χ3v) is 2.77. The van der Waals surface area contributed by atoms with Crippen LogP contribution in [0.1, 0.15) is 0 Å². The first-order valence-electron chi connectivity index (χ1n) is 4.23. The van der Waals surface area contributed by atoms with Crippen LogP contribution in [0.3, 0.4) is 0 Å². The van der Waals surface area contributed by atoms with E-state index < -0.39 is 0 Å². The topological polar surface area (TPSA) is 64.3 Å². The molecule has 0 amide bonds. The fourth-order valence-corrected chi connectivity index (χ4v) is 1.94. The van der Waals surface area contributed by atoms with Gasteiger partial charge in [-0.05, 0) is 0 Å². The maximum atomic E-state index is 5.53. The minimum Gasteiger partial charge on any atom is -0.373 e. The lowest BCUT2D eigenvalue weighted by Crippen LogP contribution is -2.45. The Morgan fingerprint density at radius 2 is 2.69 bits per heavy atom. The number of hydrogen-bond donors (Lipinski definition) is 1. The van der Waals surface area contributed by atoms with E-state index in [4.69, 9.17) is 10.5 Å². The summed E-state index contributed by atoms with van der Waals surface area (Å²) in [4.78, 5) is 2.17. The number of hydrogen-bond acceptors (Lipinski definition) is 6. The van der Waals surface area contributed by atoms with E-state index in [2.05, 4.69) is 15.1 Å². The molecule has 0 aromatic carbocycles. The van der Waals surface area contributed by atoms with Gasteiger partial charge in [-0.3, -0.25) is 0 Å². The van der Waals surface area contributed by atoms with E-state index in [1.165, 1.54) is 0 Å². The number of aromatic nitrogens is 2. The van der Waals surface area contributed by atoms with Crippen LogP contribution >= 0.6 is 11.3 Å². The van der Waals surface area contributed by atoms with E-state index >= 15 is 0 Å². The number of rotatable bonds is 2. The molecular weight excluding hydrogens is 188 g/mol. The van der Waals surface area contributed by atoms with Gasteiger partial charge in [0.15, 0.2) is 0 Å². The molecule has 1 aromatic heterocycles. The number of anilines is 1. The zero-order valence-electron chi connectivity index (χ0n) is 7.22. The van der Waals surface area contributed by atoms with Crippen molar-refractivity contribution in [2.45, 2.75) is 6.10 Å². The molecule has 0 saturated carbocycles. The molecule has 1 aliphatic rings. The van der Waals surface area contributed by atoms with Crippen LogP contribution in [0.25, 0.3) is 0 Å². The molecule has 5 nitrogen and oxygen atoms in total. The monoisotopic (exact) mass is 200 g/mol. The largest absolute Gasteiger partial charge is 0.373 e. The second-order valence-electron chi connectivity index (χ2n) is 2.90. The van der Waals surface area contributed by atoms with E-state index in [9.17, 15) is 0 Å². The van der Waals surface area contributed by atoms with Crippen LogP contribution in [0.5, 0.6) is 0 Å². The van der Waals surface area contributed by atoms with Crippen molar-refractivity contribution >= 4 is 16.5 Å². The molecule has 72 valence electrons. The molecule has 0 radical (unpaired) electrons. The van der Waals surface area contributed by atoms with Gasteiger partial charge in [0.25, 0.3) is 0 Å². The van der Waals surface area contributed by atoms with Gasteiger partial charge < -0.3 is 15.4 Å². The molecule has 13 heavy (non-hydrogen) atoms. The molecule has 1 aromatic rings. The molecule has 1 atom stereocenters. The fourth-order valence-electron chi connectivity index (χ4n) is 1.34. The van der Waals surface area contributed by atoms with Gasteiger partial charge in [-0.15, -0.1) is 10.2 Å². The Balaban J connectivity index is 2.00. The zero-order valence-corrected chi connectivity index (χ0v) is 8.04. The Morgan fingerprint density at radius 1 is 1.77 bits per heavy atom. The standard InChI is InChI=1S/C7H12N4OS/c8-3-6-4-11(1-2-12-6)7-10-9-5-13-7/h5-6H,1-4,8H2. The first-order chi connectivity index (χ1) is 6.40. The van der Waals surface area contributed by atoms with Crippen molar-refractivity contribution in [2.24, 2.45) is 5.73 Å². The van der Waals surface area contributed by atoms with Crippen LogP contribution < -0.4 is 10.6 Å². The average Bonchev–Trinajstić information content (AvgIpc) is 2.71. The molecular formula is C7H12N4OS. The summed E-state index contributed by atoms with van der Waals surface area (Å²) in [6.45, 7) is 2.99. The molecule has 1 fully saturated rings. The molecule has 0 spiro atoms. The Bertz CT molecular complexity index is 253. The maximum Gasteiger partial charge on any atom is 0.208 e. The first-order valence-corrected chi connectivity index (χ1v) is 5.11. The van der Waals surface area contributed by atoms with Crippen molar-refractivity contribution in [1.29, 1.82) is 0 Å². The molecule has 1 unspecified atom stereocenters. The quantitative estimate of drug-likeness (QED) is 0.710.